The van der Waals surface area contributed by atoms with Gasteiger partial charge in [0, 0.05) is 20.2 Å². The second kappa shape index (κ2) is 9.61. The quantitative estimate of drug-likeness (QED) is 0.725. The zero-order valence-corrected chi connectivity index (χ0v) is 14.6. The standard InChI is InChI=1S/C20H24N2O3/c1-24-18-7-5-6-17(14-18)15-8-10-16(11-9-15)19(25-2)20(23)22-13-4-3-12-21/h3-11,14,19H,12-13,21H2,1-2H3,(H,22,23)/b4-3+/t19-/m1/s1. The molecule has 0 fully saturated rings. The summed E-state index contributed by atoms with van der Waals surface area (Å²) in [5.74, 6) is 0.625. The number of hydrogen-bond acceptors (Lipinski definition) is 4. The monoisotopic (exact) mass is 340 g/mol. The summed E-state index contributed by atoms with van der Waals surface area (Å²) in [6.07, 6.45) is 2.97. The van der Waals surface area contributed by atoms with Crippen molar-refractivity contribution in [3.8, 4) is 16.9 Å². The number of carbonyl (C=O) groups is 1. The van der Waals surface area contributed by atoms with Crippen molar-refractivity contribution in [2.75, 3.05) is 27.3 Å². The van der Waals surface area contributed by atoms with Gasteiger partial charge in [-0.25, -0.2) is 0 Å². The molecule has 0 radical (unpaired) electrons. The fourth-order valence-corrected chi connectivity index (χ4v) is 2.48. The Labute approximate surface area is 148 Å². The molecule has 2 aromatic carbocycles. The summed E-state index contributed by atoms with van der Waals surface area (Å²) in [7, 11) is 3.17. The minimum Gasteiger partial charge on any atom is -0.497 e. The summed E-state index contributed by atoms with van der Waals surface area (Å²) in [6, 6.07) is 15.6. The average molecular weight is 340 g/mol. The van der Waals surface area contributed by atoms with Crippen LogP contribution in [-0.2, 0) is 9.53 Å². The Morgan fingerprint density at radius 3 is 2.52 bits per heavy atom. The number of nitrogens with one attached hydrogen (secondary N) is 1. The molecule has 0 bridgehead atoms. The SMILES string of the molecule is COc1cccc(-c2ccc([C@@H](OC)C(=O)NC/C=C/CN)cc2)c1. The van der Waals surface area contributed by atoms with Crippen molar-refractivity contribution in [2.24, 2.45) is 5.73 Å². The lowest BCUT2D eigenvalue weighted by atomic mass is 10.0. The molecular weight excluding hydrogens is 316 g/mol. The van der Waals surface area contributed by atoms with Crippen LogP contribution in [0.5, 0.6) is 5.75 Å². The first-order valence-corrected chi connectivity index (χ1v) is 8.09. The van der Waals surface area contributed by atoms with E-state index < -0.39 is 6.10 Å². The summed E-state index contributed by atoms with van der Waals surface area (Å²) < 4.78 is 10.6. The van der Waals surface area contributed by atoms with Crippen molar-refractivity contribution in [3.05, 3.63) is 66.2 Å². The first-order chi connectivity index (χ1) is 12.2. The topological polar surface area (TPSA) is 73.6 Å². The number of nitrogens with two attached hydrogens (primary N) is 1. The van der Waals surface area contributed by atoms with Gasteiger partial charge in [0.25, 0.3) is 5.91 Å². The smallest absolute Gasteiger partial charge is 0.253 e. The second-order valence-electron chi connectivity index (χ2n) is 5.42. The van der Waals surface area contributed by atoms with Crippen LogP contribution < -0.4 is 15.8 Å². The number of rotatable bonds is 8. The van der Waals surface area contributed by atoms with Gasteiger partial charge < -0.3 is 20.5 Å². The van der Waals surface area contributed by atoms with Gasteiger partial charge in [0.1, 0.15) is 5.75 Å². The molecule has 0 aliphatic carbocycles. The van der Waals surface area contributed by atoms with Gasteiger partial charge in [-0.1, -0.05) is 48.6 Å². The van der Waals surface area contributed by atoms with Gasteiger partial charge in [-0.3, -0.25) is 4.79 Å². The first kappa shape index (κ1) is 18.7. The number of ether oxygens (including phenoxy) is 2. The lowest BCUT2D eigenvalue weighted by molar-refractivity contribution is -0.131. The second-order valence-corrected chi connectivity index (χ2v) is 5.42. The van der Waals surface area contributed by atoms with E-state index >= 15 is 0 Å². The van der Waals surface area contributed by atoms with Crippen LogP contribution in [0.15, 0.2) is 60.7 Å². The normalized spacial score (nSPS) is 12.1. The fourth-order valence-electron chi connectivity index (χ4n) is 2.48. The lowest BCUT2D eigenvalue weighted by Gasteiger charge is -2.15. The van der Waals surface area contributed by atoms with Gasteiger partial charge >= 0.3 is 0 Å². The summed E-state index contributed by atoms with van der Waals surface area (Å²) in [5.41, 5.74) is 8.27. The summed E-state index contributed by atoms with van der Waals surface area (Å²) in [5, 5.41) is 2.81. The van der Waals surface area contributed by atoms with Gasteiger partial charge in [0.05, 0.1) is 7.11 Å². The predicted molar refractivity (Wildman–Crippen MR) is 99.4 cm³/mol. The van der Waals surface area contributed by atoms with Crippen LogP contribution in [0.2, 0.25) is 0 Å². The van der Waals surface area contributed by atoms with Crippen molar-refractivity contribution in [1.29, 1.82) is 0 Å². The highest BCUT2D eigenvalue weighted by molar-refractivity contribution is 5.82. The molecule has 3 N–H and O–H groups in total. The average Bonchev–Trinajstić information content (AvgIpc) is 2.66. The molecule has 5 nitrogen and oxygen atoms in total. The van der Waals surface area contributed by atoms with Crippen molar-refractivity contribution >= 4 is 5.91 Å². The van der Waals surface area contributed by atoms with E-state index in [1.54, 1.807) is 13.2 Å². The summed E-state index contributed by atoms with van der Waals surface area (Å²) in [6.45, 7) is 0.882. The van der Waals surface area contributed by atoms with E-state index in [1.165, 1.54) is 7.11 Å². The zero-order valence-electron chi connectivity index (χ0n) is 14.6. The molecule has 1 atom stereocenters. The predicted octanol–water partition coefficient (Wildman–Crippen LogP) is 2.68. The lowest BCUT2D eigenvalue weighted by Crippen LogP contribution is -2.30. The van der Waals surface area contributed by atoms with E-state index in [1.807, 2.05) is 54.6 Å². The Morgan fingerprint density at radius 1 is 1.12 bits per heavy atom. The molecule has 132 valence electrons. The maximum Gasteiger partial charge on any atom is 0.253 e. The molecule has 0 aromatic heterocycles. The molecule has 0 spiro atoms. The third-order valence-electron chi connectivity index (χ3n) is 3.79. The summed E-state index contributed by atoms with van der Waals surface area (Å²) in [4.78, 5) is 12.3. The van der Waals surface area contributed by atoms with Crippen molar-refractivity contribution in [3.63, 3.8) is 0 Å². The van der Waals surface area contributed by atoms with Gasteiger partial charge in [-0.05, 0) is 28.8 Å². The van der Waals surface area contributed by atoms with E-state index in [2.05, 4.69) is 5.32 Å². The van der Waals surface area contributed by atoms with E-state index in [4.69, 9.17) is 15.2 Å². The minimum atomic E-state index is -0.648. The highest BCUT2D eigenvalue weighted by atomic mass is 16.5. The maximum absolute atomic E-state index is 12.3. The molecular formula is C20H24N2O3. The largest absolute Gasteiger partial charge is 0.497 e. The van der Waals surface area contributed by atoms with E-state index in [0.717, 1.165) is 22.4 Å². The third-order valence-corrected chi connectivity index (χ3v) is 3.79. The Morgan fingerprint density at radius 2 is 1.88 bits per heavy atom. The number of amides is 1. The molecule has 5 heteroatoms. The molecule has 0 heterocycles. The van der Waals surface area contributed by atoms with Gasteiger partial charge in [-0.2, -0.15) is 0 Å². The fraction of sp³-hybridized carbons (Fsp3) is 0.250. The number of hydrogen-bond donors (Lipinski definition) is 2. The Bertz CT molecular complexity index is 711. The van der Waals surface area contributed by atoms with Crippen molar-refractivity contribution in [1.82, 2.24) is 5.32 Å². The third kappa shape index (κ3) is 5.17. The molecule has 2 aromatic rings. The zero-order chi connectivity index (χ0) is 18.1. The molecule has 0 aliphatic rings. The van der Waals surface area contributed by atoms with Crippen molar-refractivity contribution in [2.45, 2.75) is 6.10 Å². The molecule has 2 rings (SSSR count). The maximum atomic E-state index is 12.3. The van der Waals surface area contributed by atoms with Crippen LogP contribution in [0.3, 0.4) is 0 Å². The van der Waals surface area contributed by atoms with E-state index in [0.29, 0.717) is 13.1 Å². The van der Waals surface area contributed by atoms with E-state index in [9.17, 15) is 4.79 Å². The molecule has 0 unspecified atom stereocenters. The summed E-state index contributed by atoms with van der Waals surface area (Å²) >= 11 is 0. The number of benzene rings is 2. The van der Waals surface area contributed by atoms with Gasteiger partial charge in [0.2, 0.25) is 0 Å². The van der Waals surface area contributed by atoms with Crippen LogP contribution in [0.25, 0.3) is 11.1 Å². The molecule has 0 saturated carbocycles. The number of carbonyl (C=O) groups excluding carboxylic acids is 1. The van der Waals surface area contributed by atoms with Crippen LogP contribution in [-0.4, -0.2) is 33.2 Å². The van der Waals surface area contributed by atoms with Crippen LogP contribution in [0.4, 0.5) is 0 Å². The van der Waals surface area contributed by atoms with Gasteiger partial charge in [-0.15, -0.1) is 0 Å². The number of methoxy groups -OCH3 is 2. The van der Waals surface area contributed by atoms with Gasteiger partial charge in [0.15, 0.2) is 6.10 Å². The molecule has 0 saturated heterocycles. The van der Waals surface area contributed by atoms with Crippen LogP contribution in [0.1, 0.15) is 11.7 Å². The highest BCUT2D eigenvalue weighted by Crippen LogP contribution is 2.26. The Balaban J connectivity index is 2.10. The Kier molecular flexibility index (Phi) is 7.19. The minimum absolute atomic E-state index is 0.182. The van der Waals surface area contributed by atoms with Crippen LogP contribution in [0, 0.1) is 0 Å². The van der Waals surface area contributed by atoms with Crippen molar-refractivity contribution < 1.29 is 14.3 Å². The first-order valence-electron chi connectivity index (χ1n) is 8.09. The highest BCUT2D eigenvalue weighted by Gasteiger charge is 2.19. The molecule has 1 amide bonds. The molecule has 25 heavy (non-hydrogen) atoms. The molecule has 0 aliphatic heterocycles. The van der Waals surface area contributed by atoms with E-state index in [-0.39, 0.29) is 5.91 Å². The van der Waals surface area contributed by atoms with Crippen LogP contribution >= 0.6 is 0 Å². The Hall–Kier alpha value is -2.63.